The van der Waals surface area contributed by atoms with E-state index >= 15 is 0 Å². The Bertz CT molecular complexity index is 715. The zero-order valence-corrected chi connectivity index (χ0v) is 14.3. The smallest absolute Gasteiger partial charge is 0.354 e. The van der Waals surface area contributed by atoms with Crippen LogP contribution >= 0.6 is 11.3 Å². The van der Waals surface area contributed by atoms with Crippen LogP contribution in [0.5, 0.6) is 0 Å². The highest BCUT2D eigenvalue weighted by Gasteiger charge is 2.21. The quantitative estimate of drug-likeness (QED) is 0.881. The van der Waals surface area contributed by atoms with E-state index in [1.165, 1.54) is 18.4 Å². The van der Waals surface area contributed by atoms with Gasteiger partial charge in [0.2, 0.25) is 0 Å². The van der Waals surface area contributed by atoms with Crippen LogP contribution in [0.2, 0.25) is 0 Å². The van der Waals surface area contributed by atoms with Gasteiger partial charge in [0.1, 0.15) is 5.69 Å². The molecule has 1 amide bonds. The number of aromatic amines is 1. The number of thiophene rings is 1. The van der Waals surface area contributed by atoms with Crippen molar-refractivity contribution in [3.05, 3.63) is 44.4 Å². The summed E-state index contributed by atoms with van der Waals surface area (Å²) in [6.07, 6.45) is 0. The molecule has 0 fully saturated rings. The predicted molar refractivity (Wildman–Crippen MR) is 86.5 cm³/mol. The third-order valence-corrected chi connectivity index (χ3v) is 4.66. The Morgan fingerprint density at radius 1 is 1.27 bits per heavy atom. The number of carbonyl (C=O) groups excluding carboxylic acids is 2. The molecule has 2 aromatic heterocycles. The van der Waals surface area contributed by atoms with Gasteiger partial charge in [-0.15, -0.1) is 11.3 Å². The van der Waals surface area contributed by atoms with Gasteiger partial charge in [-0.25, -0.2) is 4.79 Å². The highest BCUT2D eigenvalue weighted by molar-refractivity contribution is 7.13. The lowest BCUT2D eigenvalue weighted by Gasteiger charge is -2.17. The van der Waals surface area contributed by atoms with Gasteiger partial charge in [0.25, 0.3) is 5.91 Å². The number of methoxy groups -OCH3 is 1. The highest BCUT2D eigenvalue weighted by Crippen LogP contribution is 2.22. The van der Waals surface area contributed by atoms with Crippen LogP contribution in [0, 0.1) is 20.8 Å². The summed E-state index contributed by atoms with van der Waals surface area (Å²) in [7, 11) is 3.12. The summed E-state index contributed by atoms with van der Waals surface area (Å²) in [5.74, 6) is -0.410. The Kier molecular flexibility index (Phi) is 4.71. The topological polar surface area (TPSA) is 62.4 Å². The Balaban J connectivity index is 2.21. The molecule has 0 aliphatic carbocycles. The molecule has 0 aliphatic heterocycles. The van der Waals surface area contributed by atoms with Crippen molar-refractivity contribution in [2.75, 3.05) is 14.2 Å². The first-order chi connectivity index (χ1) is 10.3. The Labute approximate surface area is 133 Å². The molecule has 0 aromatic carbocycles. The summed E-state index contributed by atoms with van der Waals surface area (Å²) < 4.78 is 4.76. The third kappa shape index (κ3) is 3.06. The van der Waals surface area contributed by atoms with Crippen molar-refractivity contribution < 1.29 is 14.3 Å². The zero-order chi connectivity index (χ0) is 16.4. The molecule has 0 unspecified atom stereocenters. The maximum Gasteiger partial charge on any atom is 0.354 e. The maximum atomic E-state index is 12.4. The van der Waals surface area contributed by atoms with E-state index in [2.05, 4.69) is 4.98 Å². The van der Waals surface area contributed by atoms with Crippen LogP contribution in [0.25, 0.3) is 0 Å². The number of rotatable bonds is 4. The van der Waals surface area contributed by atoms with Gasteiger partial charge in [-0.2, -0.15) is 0 Å². The number of esters is 1. The molecular weight excluding hydrogens is 300 g/mol. The van der Waals surface area contributed by atoms with Crippen molar-refractivity contribution in [1.29, 1.82) is 0 Å². The van der Waals surface area contributed by atoms with Gasteiger partial charge in [-0.05, 0) is 44.0 Å². The number of aromatic nitrogens is 1. The van der Waals surface area contributed by atoms with Crippen molar-refractivity contribution in [2.24, 2.45) is 0 Å². The second kappa shape index (κ2) is 6.36. The predicted octanol–water partition coefficient (Wildman–Crippen LogP) is 3.06. The van der Waals surface area contributed by atoms with E-state index < -0.39 is 5.97 Å². The van der Waals surface area contributed by atoms with E-state index in [0.29, 0.717) is 12.2 Å². The van der Waals surface area contributed by atoms with Crippen molar-refractivity contribution >= 4 is 23.2 Å². The van der Waals surface area contributed by atoms with Crippen LogP contribution in [0.15, 0.2) is 12.1 Å². The lowest BCUT2D eigenvalue weighted by atomic mass is 10.1. The van der Waals surface area contributed by atoms with Gasteiger partial charge < -0.3 is 14.6 Å². The van der Waals surface area contributed by atoms with Crippen LogP contribution in [-0.4, -0.2) is 35.9 Å². The fourth-order valence-corrected chi connectivity index (χ4v) is 3.24. The van der Waals surface area contributed by atoms with Crippen molar-refractivity contribution in [3.63, 3.8) is 0 Å². The van der Waals surface area contributed by atoms with Gasteiger partial charge in [-0.1, -0.05) is 0 Å². The van der Waals surface area contributed by atoms with E-state index in [1.54, 1.807) is 11.9 Å². The molecule has 22 heavy (non-hydrogen) atoms. The molecule has 0 aliphatic rings. The lowest BCUT2D eigenvalue weighted by Crippen LogP contribution is -2.25. The molecule has 2 heterocycles. The second-order valence-electron chi connectivity index (χ2n) is 5.29. The summed E-state index contributed by atoms with van der Waals surface area (Å²) in [6, 6.07) is 3.78. The molecule has 0 bridgehead atoms. The molecule has 1 N–H and O–H groups in total. The standard InChI is InChI=1S/C16H20N2O3S/c1-9-6-7-13(22-9)15(19)18(4)8-12-10(2)14(16(20)21-5)17-11(12)3/h6-7,17H,8H2,1-5H3. The average molecular weight is 320 g/mol. The minimum atomic E-state index is -0.394. The van der Waals surface area contributed by atoms with Crippen LogP contribution in [0.1, 0.15) is 41.9 Å². The molecule has 0 saturated heterocycles. The Morgan fingerprint density at radius 2 is 1.95 bits per heavy atom. The average Bonchev–Trinajstić information content (AvgIpc) is 3.04. The molecule has 0 spiro atoms. The molecule has 118 valence electrons. The molecular formula is C16H20N2O3S. The van der Waals surface area contributed by atoms with E-state index in [1.807, 2.05) is 32.9 Å². The summed E-state index contributed by atoms with van der Waals surface area (Å²) in [5, 5.41) is 0. The number of hydrogen-bond donors (Lipinski definition) is 1. The van der Waals surface area contributed by atoms with Crippen LogP contribution in [0.3, 0.4) is 0 Å². The van der Waals surface area contributed by atoms with Gasteiger partial charge >= 0.3 is 5.97 Å². The zero-order valence-electron chi connectivity index (χ0n) is 13.4. The van der Waals surface area contributed by atoms with Crippen LogP contribution in [0.4, 0.5) is 0 Å². The molecule has 2 rings (SSSR count). The maximum absolute atomic E-state index is 12.4. The summed E-state index contributed by atoms with van der Waals surface area (Å²) >= 11 is 1.48. The minimum absolute atomic E-state index is 0.0160. The molecule has 5 nitrogen and oxygen atoms in total. The van der Waals surface area contributed by atoms with E-state index in [4.69, 9.17) is 4.74 Å². The van der Waals surface area contributed by atoms with Crippen molar-refractivity contribution in [1.82, 2.24) is 9.88 Å². The van der Waals surface area contributed by atoms with Crippen LogP contribution < -0.4 is 0 Å². The SMILES string of the molecule is COC(=O)c1[nH]c(C)c(CN(C)C(=O)c2ccc(C)s2)c1C. The normalized spacial score (nSPS) is 10.6. The van der Waals surface area contributed by atoms with Gasteiger partial charge in [0, 0.05) is 24.2 Å². The van der Waals surface area contributed by atoms with E-state index in [9.17, 15) is 9.59 Å². The Morgan fingerprint density at radius 3 is 2.50 bits per heavy atom. The largest absolute Gasteiger partial charge is 0.464 e. The second-order valence-corrected chi connectivity index (χ2v) is 6.58. The summed E-state index contributed by atoms with van der Waals surface area (Å²) in [4.78, 5) is 30.7. The molecule has 6 heteroatoms. The first kappa shape index (κ1) is 16.3. The molecule has 0 radical (unpaired) electrons. The first-order valence-corrected chi connectivity index (χ1v) is 7.75. The number of hydrogen-bond acceptors (Lipinski definition) is 4. The molecule has 2 aromatic rings. The van der Waals surface area contributed by atoms with Crippen LogP contribution in [-0.2, 0) is 11.3 Å². The molecule has 0 atom stereocenters. The number of nitrogens with one attached hydrogen (secondary N) is 1. The summed E-state index contributed by atoms with van der Waals surface area (Å²) in [6.45, 7) is 6.17. The van der Waals surface area contributed by atoms with Crippen molar-refractivity contribution in [2.45, 2.75) is 27.3 Å². The van der Waals surface area contributed by atoms with Gasteiger partial charge in [0.05, 0.1) is 12.0 Å². The fraction of sp³-hybridized carbons (Fsp3) is 0.375. The minimum Gasteiger partial charge on any atom is -0.464 e. The Hall–Kier alpha value is -2.08. The number of aryl methyl sites for hydroxylation is 2. The van der Waals surface area contributed by atoms with Gasteiger partial charge in [0.15, 0.2) is 0 Å². The van der Waals surface area contributed by atoms with E-state index in [-0.39, 0.29) is 5.91 Å². The van der Waals surface area contributed by atoms with Gasteiger partial charge in [-0.3, -0.25) is 4.79 Å². The summed E-state index contributed by atoms with van der Waals surface area (Å²) in [5.41, 5.74) is 3.10. The fourth-order valence-electron chi connectivity index (χ4n) is 2.38. The third-order valence-electron chi connectivity index (χ3n) is 3.68. The number of amides is 1. The highest BCUT2D eigenvalue weighted by atomic mass is 32.1. The lowest BCUT2D eigenvalue weighted by molar-refractivity contribution is 0.0593. The number of carbonyl (C=O) groups is 2. The van der Waals surface area contributed by atoms with E-state index in [0.717, 1.165) is 26.6 Å². The number of H-pyrrole nitrogens is 1. The monoisotopic (exact) mass is 320 g/mol. The molecule has 0 saturated carbocycles. The number of nitrogens with zero attached hydrogens (tertiary/aromatic N) is 1. The number of ether oxygens (including phenoxy) is 1. The first-order valence-electron chi connectivity index (χ1n) is 6.93. The van der Waals surface area contributed by atoms with Crippen molar-refractivity contribution in [3.8, 4) is 0 Å².